The van der Waals surface area contributed by atoms with E-state index in [4.69, 9.17) is 9.72 Å². The Kier molecular flexibility index (Phi) is 7.36. The summed E-state index contributed by atoms with van der Waals surface area (Å²) < 4.78 is 6.57. The van der Waals surface area contributed by atoms with Gasteiger partial charge in [0.2, 0.25) is 5.91 Å². The molecule has 0 radical (unpaired) electrons. The van der Waals surface area contributed by atoms with Crippen molar-refractivity contribution in [3.8, 4) is 5.75 Å². The monoisotopic (exact) mass is 476 g/mol. The van der Waals surface area contributed by atoms with Crippen LogP contribution in [0.25, 0.3) is 10.2 Å². The Morgan fingerprint density at radius 1 is 1.03 bits per heavy atom. The number of anilines is 1. The lowest BCUT2D eigenvalue weighted by Gasteiger charge is -2.20. The first-order valence-corrected chi connectivity index (χ1v) is 12.7. The Morgan fingerprint density at radius 2 is 1.76 bits per heavy atom. The fourth-order valence-electron chi connectivity index (χ4n) is 3.64. The second kappa shape index (κ2) is 10.4. The summed E-state index contributed by atoms with van der Waals surface area (Å²) in [5.74, 6) is 0.752. The van der Waals surface area contributed by atoms with Crippen LogP contribution < -0.4 is 9.64 Å². The lowest BCUT2D eigenvalue weighted by Crippen LogP contribution is -2.31. The minimum absolute atomic E-state index is 0.0267. The molecule has 0 bridgehead atoms. The number of thioether (sulfide) groups is 1. The highest BCUT2D eigenvalue weighted by molar-refractivity contribution is 7.99. The molecule has 3 aromatic carbocycles. The number of methoxy groups -OCH3 is 1. The van der Waals surface area contributed by atoms with E-state index in [1.807, 2.05) is 54.2 Å². The summed E-state index contributed by atoms with van der Waals surface area (Å²) in [7, 11) is 1.65. The van der Waals surface area contributed by atoms with Crippen molar-refractivity contribution in [1.82, 2.24) is 4.98 Å². The van der Waals surface area contributed by atoms with E-state index in [0.717, 1.165) is 32.7 Å². The Morgan fingerprint density at radius 3 is 2.42 bits per heavy atom. The van der Waals surface area contributed by atoms with Crippen LogP contribution in [0.1, 0.15) is 30.5 Å². The van der Waals surface area contributed by atoms with Gasteiger partial charge < -0.3 is 4.74 Å². The third-order valence-corrected chi connectivity index (χ3v) is 7.51. The van der Waals surface area contributed by atoms with E-state index < -0.39 is 0 Å². The second-order valence-corrected chi connectivity index (χ2v) is 10.8. The predicted molar refractivity (Wildman–Crippen MR) is 140 cm³/mol. The summed E-state index contributed by atoms with van der Waals surface area (Å²) in [4.78, 5) is 21.4. The highest BCUT2D eigenvalue weighted by Gasteiger charge is 2.22. The molecule has 0 N–H and O–H groups in total. The largest absolute Gasteiger partial charge is 0.494 e. The van der Waals surface area contributed by atoms with Gasteiger partial charge in [-0.2, -0.15) is 0 Å². The molecule has 33 heavy (non-hydrogen) atoms. The maximum absolute atomic E-state index is 13.6. The van der Waals surface area contributed by atoms with E-state index in [9.17, 15) is 4.79 Å². The topological polar surface area (TPSA) is 42.4 Å². The maximum Gasteiger partial charge on any atom is 0.233 e. The number of aryl methyl sites for hydroxylation is 1. The molecule has 4 aromatic rings. The number of aromatic nitrogens is 1. The van der Waals surface area contributed by atoms with Crippen LogP contribution in [0.5, 0.6) is 5.75 Å². The van der Waals surface area contributed by atoms with Crippen molar-refractivity contribution in [3.63, 3.8) is 0 Å². The summed E-state index contributed by atoms with van der Waals surface area (Å²) in [5, 5.41) is 1.22. The molecule has 0 saturated heterocycles. The molecule has 170 valence electrons. The van der Waals surface area contributed by atoms with Crippen molar-refractivity contribution in [2.45, 2.75) is 43.9 Å². The normalized spacial score (nSPS) is 11.2. The Labute approximate surface area is 203 Å². The summed E-state index contributed by atoms with van der Waals surface area (Å²) in [6.07, 6.45) is 0.325. The van der Waals surface area contributed by atoms with Crippen molar-refractivity contribution in [3.05, 3.63) is 83.4 Å². The van der Waals surface area contributed by atoms with Gasteiger partial charge in [0.15, 0.2) is 5.13 Å². The number of ether oxygens (including phenoxy) is 1. The summed E-state index contributed by atoms with van der Waals surface area (Å²) in [5.41, 5.74) is 4.00. The van der Waals surface area contributed by atoms with Gasteiger partial charge in [0.1, 0.15) is 11.3 Å². The quantitative estimate of drug-likeness (QED) is 0.260. The van der Waals surface area contributed by atoms with Crippen LogP contribution in [0.4, 0.5) is 5.13 Å². The van der Waals surface area contributed by atoms with Crippen LogP contribution in [-0.2, 0) is 17.8 Å². The highest BCUT2D eigenvalue weighted by Crippen LogP contribution is 2.37. The molecule has 0 aliphatic heterocycles. The van der Waals surface area contributed by atoms with Crippen molar-refractivity contribution in [2.24, 2.45) is 0 Å². The SMILES string of the molecule is COc1ccc(C)c2sc(N(Cc3ccccc3)C(=O)Cc3ccc(SC(C)C)cc3)nc12. The second-order valence-electron chi connectivity index (χ2n) is 8.21. The highest BCUT2D eigenvalue weighted by atomic mass is 32.2. The number of rotatable bonds is 8. The number of amides is 1. The van der Waals surface area contributed by atoms with E-state index in [0.29, 0.717) is 23.3 Å². The number of nitrogens with zero attached hydrogens (tertiary/aromatic N) is 2. The lowest BCUT2D eigenvalue weighted by molar-refractivity contribution is -0.118. The molecule has 0 unspecified atom stereocenters. The number of hydrogen-bond acceptors (Lipinski definition) is 5. The van der Waals surface area contributed by atoms with Crippen LogP contribution in [0, 0.1) is 6.92 Å². The molecular weight excluding hydrogens is 448 g/mol. The first-order valence-electron chi connectivity index (χ1n) is 11.0. The van der Waals surface area contributed by atoms with Gasteiger partial charge in [0.05, 0.1) is 24.8 Å². The van der Waals surface area contributed by atoms with E-state index in [2.05, 4.69) is 45.0 Å². The van der Waals surface area contributed by atoms with Crippen molar-refractivity contribution in [2.75, 3.05) is 12.0 Å². The minimum Gasteiger partial charge on any atom is -0.494 e. The fourth-order valence-corrected chi connectivity index (χ4v) is 5.54. The number of fused-ring (bicyclic) bond motifs is 1. The van der Waals surface area contributed by atoms with Crippen molar-refractivity contribution >= 4 is 44.4 Å². The molecule has 0 fully saturated rings. The van der Waals surface area contributed by atoms with Crippen molar-refractivity contribution < 1.29 is 9.53 Å². The molecule has 0 aliphatic rings. The summed E-state index contributed by atoms with van der Waals surface area (Å²) >= 11 is 3.36. The van der Waals surface area contributed by atoms with E-state index in [-0.39, 0.29) is 5.91 Å². The lowest BCUT2D eigenvalue weighted by atomic mass is 10.1. The zero-order chi connectivity index (χ0) is 23.4. The zero-order valence-corrected chi connectivity index (χ0v) is 21.0. The molecule has 4 nitrogen and oxygen atoms in total. The molecule has 1 aromatic heterocycles. The zero-order valence-electron chi connectivity index (χ0n) is 19.4. The Hall–Kier alpha value is -2.83. The molecule has 0 atom stereocenters. The van der Waals surface area contributed by atoms with Crippen LogP contribution in [-0.4, -0.2) is 23.3 Å². The van der Waals surface area contributed by atoms with E-state index in [1.54, 1.807) is 12.0 Å². The van der Waals surface area contributed by atoms with Gasteiger partial charge in [-0.1, -0.05) is 73.7 Å². The van der Waals surface area contributed by atoms with E-state index in [1.165, 1.54) is 16.2 Å². The number of carbonyl (C=O) groups is 1. The minimum atomic E-state index is 0.0267. The molecular formula is C27H28N2O2S2. The fraction of sp³-hybridized carbons (Fsp3) is 0.259. The third-order valence-electron chi connectivity index (χ3n) is 5.28. The van der Waals surface area contributed by atoms with Gasteiger partial charge in [-0.15, -0.1) is 11.8 Å². The standard InChI is InChI=1S/C27H28N2O2S2/c1-18(2)32-22-13-11-20(12-14-22)16-24(30)29(17-21-8-6-5-7-9-21)27-28-25-23(31-4)15-10-19(3)26(25)33-27/h5-15,18H,16-17H2,1-4H3. The van der Waals surface area contributed by atoms with Gasteiger partial charge >= 0.3 is 0 Å². The summed E-state index contributed by atoms with van der Waals surface area (Å²) in [6, 6.07) is 22.3. The molecule has 0 aliphatic carbocycles. The molecule has 1 heterocycles. The van der Waals surface area contributed by atoms with E-state index >= 15 is 0 Å². The van der Waals surface area contributed by atoms with Gasteiger partial charge in [0, 0.05) is 10.1 Å². The Bertz CT molecular complexity index is 1230. The average molecular weight is 477 g/mol. The third kappa shape index (κ3) is 5.57. The summed E-state index contributed by atoms with van der Waals surface area (Å²) in [6.45, 7) is 6.89. The van der Waals surface area contributed by atoms with Crippen molar-refractivity contribution in [1.29, 1.82) is 0 Å². The van der Waals surface area contributed by atoms with Crippen LogP contribution in [0.3, 0.4) is 0 Å². The average Bonchev–Trinajstić information content (AvgIpc) is 3.25. The first kappa shape index (κ1) is 23.3. The van der Waals surface area contributed by atoms with Crippen LogP contribution in [0.2, 0.25) is 0 Å². The molecule has 6 heteroatoms. The first-order chi connectivity index (χ1) is 15.9. The number of carbonyl (C=O) groups excluding carboxylic acids is 1. The van der Waals surface area contributed by atoms with Crippen LogP contribution >= 0.6 is 23.1 Å². The molecule has 4 rings (SSSR count). The number of benzene rings is 3. The Balaban J connectivity index is 1.66. The van der Waals surface area contributed by atoms with Gasteiger partial charge in [-0.25, -0.2) is 4.98 Å². The number of thiazole rings is 1. The number of hydrogen-bond donors (Lipinski definition) is 0. The van der Waals surface area contributed by atoms with Crippen LogP contribution in [0.15, 0.2) is 71.6 Å². The van der Waals surface area contributed by atoms with Gasteiger partial charge in [-0.05, 0) is 41.8 Å². The predicted octanol–water partition coefficient (Wildman–Crippen LogP) is 6.89. The molecule has 1 amide bonds. The van der Waals surface area contributed by atoms with Gasteiger partial charge in [0.25, 0.3) is 0 Å². The molecule has 0 spiro atoms. The maximum atomic E-state index is 13.6. The van der Waals surface area contributed by atoms with Gasteiger partial charge in [-0.3, -0.25) is 9.69 Å². The smallest absolute Gasteiger partial charge is 0.233 e. The molecule has 0 saturated carbocycles.